The van der Waals surface area contributed by atoms with Crippen LogP contribution in [0.25, 0.3) is 20.8 Å². The summed E-state index contributed by atoms with van der Waals surface area (Å²) < 4.78 is 6.85. The van der Waals surface area contributed by atoms with Crippen molar-refractivity contribution in [1.29, 1.82) is 0 Å². The van der Waals surface area contributed by atoms with Gasteiger partial charge in [-0.15, -0.1) is 11.3 Å². The summed E-state index contributed by atoms with van der Waals surface area (Å²) in [4.78, 5) is 48.2. The minimum absolute atomic E-state index is 0.105. The Morgan fingerprint density at radius 1 is 0.976 bits per heavy atom. The lowest BCUT2D eigenvalue weighted by Crippen LogP contribution is -2.48. The second-order valence-electron chi connectivity index (χ2n) is 10.3. The molecule has 0 bridgehead atoms. The van der Waals surface area contributed by atoms with Crippen LogP contribution < -0.4 is 9.64 Å². The number of aromatic nitrogens is 1. The highest BCUT2D eigenvalue weighted by atomic mass is 32.1. The largest absolute Gasteiger partial charge is 0.484 e. The number of carbonyl (C=O) groups excluding carboxylic acids is 3. The van der Waals surface area contributed by atoms with Gasteiger partial charge < -0.3 is 9.64 Å². The summed E-state index contributed by atoms with van der Waals surface area (Å²) in [5.41, 5.74) is 4.34. The van der Waals surface area contributed by atoms with Crippen LogP contribution in [-0.4, -0.2) is 40.3 Å². The highest BCUT2D eigenvalue weighted by Crippen LogP contribution is 2.34. The number of rotatable bonds is 8. The molecule has 1 saturated heterocycles. The highest BCUT2D eigenvalue weighted by molar-refractivity contribution is 7.21. The maximum atomic E-state index is 13.8. The number of ether oxygens (including phenoxy) is 1. The summed E-state index contributed by atoms with van der Waals surface area (Å²) in [6, 6.07) is 30.5. The maximum Gasteiger partial charge on any atom is 0.261 e. The number of benzene rings is 4. The molecular weight excluding hydrogens is 546 g/mol. The first-order chi connectivity index (χ1) is 20.4. The van der Waals surface area contributed by atoms with E-state index in [-0.39, 0.29) is 24.8 Å². The van der Waals surface area contributed by atoms with Crippen LogP contribution in [0.3, 0.4) is 0 Å². The van der Waals surface area contributed by atoms with Gasteiger partial charge in [0.15, 0.2) is 6.61 Å². The van der Waals surface area contributed by atoms with E-state index in [0.717, 1.165) is 26.4 Å². The van der Waals surface area contributed by atoms with E-state index in [9.17, 15) is 14.4 Å². The quantitative estimate of drug-likeness (QED) is 0.196. The Morgan fingerprint density at radius 3 is 2.38 bits per heavy atom. The Labute approximate surface area is 248 Å². The number of amides is 3. The zero-order valence-corrected chi connectivity index (χ0v) is 24.1. The summed E-state index contributed by atoms with van der Waals surface area (Å²) >= 11 is 1.60. The molecule has 42 heavy (non-hydrogen) atoms. The van der Waals surface area contributed by atoms with E-state index in [2.05, 4.69) is 13.0 Å². The van der Waals surface area contributed by atoms with Gasteiger partial charge in [0.1, 0.15) is 16.8 Å². The Bertz CT molecular complexity index is 1750. The molecule has 1 aromatic heterocycles. The highest BCUT2D eigenvalue weighted by Gasteiger charge is 2.46. The minimum Gasteiger partial charge on any atom is -0.484 e. The number of fused-ring (bicyclic) bond motifs is 1. The molecule has 0 N–H and O–H groups in total. The first kappa shape index (κ1) is 27.4. The smallest absolute Gasteiger partial charge is 0.261 e. The summed E-state index contributed by atoms with van der Waals surface area (Å²) in [7, 11) is 0. The van der Waals surface area contributed by atoms with Crippen LogP contribution >= 0.6 is 11.3 Å². The molecule has 0 radical (unpaired) electrons. The third-order valence-electron chi connectivity index (χ3n) is 7.47. The van der Waals surface area contributed by atoms with E-state index in [0.29, 0.717) is 11.4 Å². The van der Waals surface area contributed by atoms with Crippen molar-refractivity contribution in [2.75, 3.05) is 11.5 Å². The normalized spacial score (nSPS) is 15.7. The molecule has 2 heterocycles. The lowest BCUT2D eigenvalue weighted by atomic mass is 10.0. The first-order valence-electron chi connectivity index (χ1n) is 13.8. The lowest BCUT2D eigenvalue weighted by molar-refractivity contribution is -0.142. The number of hydrogen-bond donors (Lipinski definition) is 0. The second kappa shape index (κ2) is 11.6. The molecule has 3 amide bonds. The van der Waals surface area contributed by atoms with E-state index in [1.807, 2.05) is 79.7 Å². The summed E-state index contributed by atoms with van der Waals surface area (Å²) in [5.74, 6) is -0.601. The number of carbonyl (C=O) groups is 3. The zero-order valence-electron chi connectivity index (χ0n) is 23.3. The molecule has 1 aliphatic heterocycles. The van der Waals surface area contributed by atoms with Crippen molar-refractivity contribution in [2.45, 2.75) is 32.4 Å². The van der Waals surface area contributed by atoms with Crippen LogP contribution in [0.4, 0.5) is 5.69 Å². The van der Waals surface area contributed by atoms with Crippen molar-refractivity contribution in [1.82, 2.24) is 9.88 Å². The number of hydrogen-bond acceptors (Lipinski definition) is 6. The molecule has 7 nitrogen and oxygen atoms in total. The Hall–Kier alpha value is -4.82. The molecule has 5 aromatic rings. The van der Waals surface area contributed by atoms with Gasteiger partial charge in [0.2, 0.25) is 5.91 Å². The van der Waals surface area contributed by atoms with Gasteiger partial charge in [-0.2, -0.15) is 0 Å². The molecule has 2 atom stereocenters. The second-order valence-corrected chi connectivity index (χ2v) is 11.3. The topological polar surface area (TPSA) is 79.8 Å². The number of anilines is 1. The molecule has 2 unspecified atom stereocenters. The average Bonchev–Trinajstić information content (AvgIpc) is 3.56. The number of aryl methyl sites for hydroxylation is 1. The van der Waals surface area contributed by atoms with Crippen molar-refractivity contribution in [3.8, 4) is 16.3 Å². The third-order valence-corrected chi connectivity index (χ3v) is 8.53. The van der Waals surface area contributed by atoms with Gasteiger partial charge in [0.25, 0.3) is 11.8 Å². The Balaban J connectivity index is 1.25. The molecule has 0 spiro atoms. The van der Waals surface area contributed by atoms with Gasteiger partial charge >= 0.3 is 0 Å². The van der Waals surface area contributed by atoms with Crippen molar-refractivity contribution in [2.24, 2.45) is 0 Å². The Morgan fingerprint density at radius 2 is 1.67 bits per heavy atom. The molecule has 1 aliphatic rings. The number of thiazole rings is 1. The summed E-state index contributed by atoms with van der Waals surface area (Å²) in [6.45, 7) is 3.66. The molecular formula is C34H29N3O4S. The molecule has 8 heteroatoms. The SMILES string of the molecule is Cc1ccc2nc(-c3ccc(N4C(=O)CC(N(C(=O)COc5ccccc5)C(C)c5ccccc5)C4=O)cc3)sc2c1. The van der Waals surface area contributed by atoms with Gasteiger partial charge in [-0.1, -0.05) is 54.6 Å². The van der Waals surface area contributed by atoms with Gasteiger partial charge in [0, 0.05) is 5.56 Å². The van der Waals surface area contributed by atoms with E-state index in [1.54, 1.807) is 35.6 Å². The third kappa shape index (κ3) is 5.41. The van der Waals surface area contributed by atoms with Gasteiger partial charge in [-0.05, 0) is 73.5 Å². The summed E-state index contributed by atoms with van der Waals surface area (Å²) in [6.07, 6.45) is -0.105. The number of para-hydroxylation sites is 1. The van der Waals surface area contributed by atoms with Crippen LogP contribution in [0, 0.1) is 6.92 Å². The molecule has 210 valence electrons. The number of imide groups is 1. The number of nitrogens with zero attached hydrogens (tertiary/aromatic N) is 3. The molecule has 0 saturated carbocycles. The van der Waals surface area contributed by atoms with Crippen LogP contribution in [0.2, 0.25) is 0 Å². The van der Waals surface area contributed by atoms with Gasteiger partial charge in [-0.3, -0.25) is 14.4 Å². The zero-order chi connectivity index (χ0) is 29.2. The van der Waals surface area contributed by atoms with E-state index in [4.69, 9.17) is 9.72 Å². The maximum absolute atomic E-state index is 13.8. The van der Waals surface area contributed by atoms with Crippen LogP contribution in [0.5, 0.6) is 5.75 Å². The van der Waals surface area contributed by atoms with E-state index in [1.165, 1.54) is 15.4 Å². The fourth-order valence-electron chi connectivity index (χ4n) is 5.30. The monoisotopic (exact) mass is 575 g/mol. The van der Waals surface area contributed by atoms with Crippen LogP contribution in [0.1, 0.15) is 30.5 Å². The predicted molar refractivity (Wildman–Crippen MR) is 164 cm³/mol. The molecule has 0 aliphatic carbocycles. The average molecular weight is 576 g/mol. The summed E-state index contributed by atoms with van der Waals surface area (Å²) in [5, 5.41) is 0.867. The first-order valence-corrected chi connectivity index (χ1v) is 14.6. The van der Waals surface area contributed by atoms with E-state index >= 15 is 0 Å². The molecule has 1 fully saturated rings. The standard InChI is InChI=1S/C34H29N3O4S/c1-22-13-18-28-30(19-22)42-33(35-28)25-14-16-26(17-15-25)37-31(38)20-29(34(37)40)36(23(2)24-9-5-3-6-10-24)32(39)21-41-27-11-7-4-8-12-27/h3-19,23,29H,20-21H2,1-2H3. The van der Waals surface area contributed by atoms with Crippen molar-refractivity contribution < 1.29 is 19.1 Å². The minimum atomic E-state index is -0.952. The Kier molecular flexibility index (Phi) is 7.54. The molecule has 6 rings (SSSR count). The van der Waals surface area contributed by atoms with Gasteiger partial charge in [0.05, 0.1) is 28.4 Å². The predicted octanol–water partition coefficient (Wildman–Crippen LogP) is 6.57. The van der Waals surface area contributed by atoms with Gasteiger partial charge in [-0.25, -0.2) is 9.88 Å². The van der Waals surface area contributed by atoms with Crippen molar-refractivity contribution in [3.63, 3.8) is 0 Å². The van der Waals surface area contributed by atoms with Crippen molar-refractivity contribution in [3.05, 3.63) is 114 Å². The fourth-order valence-corrected chi connectivity index (χ4v) is 6.37. The fraction of sp³-hybridized carbons (Fsp3) is 0.176. The van der Waals surface area contributed by atoms with Crippen LogP contribution in [0.15, 0.2) is 103 Å². The lowest BCUT2D eigenvalue weighted by Gasteiger charge is -2.33. The van der Waals surface area contributed by atoms with E-state index < -0.39 is 18.0 Å². The van der Waals surface area contributed by atoms with Crippen molar-refractivity contribution >= 4 is 45.0 Å². The molecule has 4 aromatic carbocycles. The van der Waals surface area contributed by atoms with Crippen LogP contribution in [-0.2, 0) is 14.4 Å².